The Kier molecular flexibility index (Phi) is 5.89. The molecule has 0 saturated carbocycles. The summed E-state index contributed by atoms with van der Waals surface area (Å²) in [6.07, 6.45) is 3.34. The second-order valence-corrected chi connectivity index (χ2v) is 9.72. The molecule has 0 spiro atoms. The third-order valence-electron chi connectivity index (χ3n) is 5.21. The monoisotopic (exact) mass is 433 g/mol. The SMILES string of the molecule is CCn1c(SCC(=O)N2CCCCC2C)nc2scc(-c3cccs3)c2c1=O. The van der Waals surface area contributed by atoms with Gasteiger partial charge in [-0.05, 0) is 44.6 Å². The lowest BCUT2D eigenvalue weighted by Gasteiger charge is -2.33. The molecule has 1 amide bonds. The molecule has 1 aliphatic heterocycles. The average Bonchev–Trinajstić information content (AvgIpc) is 3.36. The predicted octanol–water partition coefficient (Wildman–Crippen LogP) is 4.70. The van der Waals surface area contributed by atoms with Crippen LogP contribution in [0.25, 0.3) is 20.7 Å². The molecule has 0 bridgehead atoms. The number of nitrogens with zero attached hydrogens (tertiary/aromatic N) is 3. The number of hydrogen-bond acceptors (Lipinski definition) is 6. The van der Waals surface area contributed by atoms with E-state index in [9.17, 15) is 9.59 Å². The van der Waals surface area contributed by atoms with Gasteiger partial charge in [0.05, 0.1) is 11.1 Å². The Morgan fingerprint density at radius 2 is 2.21 bits per heavy atom. The first-order valence-corrected chi connectivity index (χ1v) is 12.3. The van der Waals surface area contributed by atoms with Crippen LogP contribution in [0.5, 0.6) is 0 Å². The average molecular weight is 434 g/mol. The van der Waals surface area contributed by atoms with Crippen molar-refractivity contribution in [2.24, 2.45) is 0 Å². The second-order valence-electron chi connectivity index (χ2n) is 6.97. The van der Waals surface area contributed by atoms with Crippen LogP contribution in [-0.4, -0.2) is 38.7 Å². The molecular formula is C20H23N3O2S3. The Morgan fingerprint density at radius 1 is 1.36 bits per heavy atom. The first-order valence-electron chi connectivity index (χ1n) is 9.58. The zero-order chi connectivity index (χ0) is 19.7. The van der Waals surface area contributed by atoms with Crippen LogP contribution in [0.3, 0.4) is 0 Å². The van der Waals surface area contributed by atoms with Crippen LogP contribution in [0.2, 0.25) is 0 Å². The smallest absolute Gasteiger partial charge is 0.263 e. The van der Waals surface area contributed by atoms with Gasteiger partial charge in [0.1, 0.15) is 4.83 Å². The van der Waals surface area contributed by atoms with Crippen LogP contribution in [0, 0.1) is 0 Å². The number of hydrogen-bond donors (Lipinski definition) is 0. The van der Waals surface area contributed by atoms with Gasteiger partial charge in [-0.1, -0.05) is 17.8 Å². The minimum Gasteiger partial charge on any atom is -0.339 e. The summed E-state index contributed by atoms with van der Waals surface area (Å²) in [6.45, 7) is 5.44. The largest absolute Gasteiger partial charge is 0.339 e. The Hall–Kier alpha value is -1.64. The van der Waals surface area contributed by atoms with Crippen molar-refractivity contribution in [2.45, 2.75) is 50.9 Å². The highest BCUT2D eigenvalue weighted by molar-refractivity contribution is 7.99. The molecule has 3 aromatic heterocycles. The van der Waals surface area contributed by atoms with E-state index in [1.807, 2.05) is 34.7 Å². The van der Waals surface area contributed by atoms with Crippen LogP contribution in [-0.2, 0) is 11.3 Å². The topological polar surface area (TPSA) is 55.2 Å². The number of thioether (sulfide) groups is 1. The van der Waals surface area contributed by atoms with E-state index in [0.717, 1.165) is 34.7 Å². The lowest BCUT2D eigenvalue weighted by Crippen LogP contribution is -2.43. The minimum atomic E-state index is -0.0153. The lowest BCUT2D eigenvalue weighted by atomic mass is 10.0. The molecule has 0 N–H and O–H groups in total. The summed E-state index contributed by atoms with van der Waals surface area (Å²) in [5.41, 5.74) is 0.947. The summed E-state index contributed by atoms with van der Waals surface area (Å²) in [4.78, 5) is 34.4. The molecule has 0 aromatic carbocycles. The standard InChI is InChI=1S/C20H23N3O2S3/c1-3-22-19(25)17-14(15-8-6-10-26-15)11-27-18(17)21-20(22)28-12-16(24)23-9-5-4-7-13(23)2/h6,8,10-11,13H,3-5,7,9,12H2,1-2H3. The number of fused-ring (bicyclic) bond motifs is 1. The molecule has 1 aliphatic rings. The summed E-state index contributed by atoms with van der Waals surface area (Å²) >= 11 is 4.50. The molecule has 4 rings (SSSR count). The number of carbonyl (C=O) groups excluding carboxylic acids is 1. The van der Waals surface area contributed by atoms with Gasteiger partial charge < -0.3 is 4.90 Å². The second kappa shape index (κ2) is 8.39. The van der Waals surface area contributed by atoms with Crippen LogP contribution in [0.4, 0.5) is 0 Å². The van der Waals surface area contributed by atoms with E-state index in [4.69, 9.17) is 4.98 Å². The Labute approximate surface area is 176 Å². The number of amides is 1. The van der Waals surface area contributed by atoms with E-state index in [2.05, 4.69) is 6.92 Å². The molecule has 148 valence electrons. The third kappa shape index (κ3) is 3.65. The van der Waals surface area contributed by atoms with E-state index < -0.39 is 0 Å². The maximum atomic E-state index is 13.2. The van der Waals surface area contributed by atoms with Gasteiger partial charge in [0.15, 0.2) is 5.16 Å². The molecular weight excluding hydrogens is 410 g/mol. The number of likely N-dealkylation sites (tertiary alicyclic amines) is 1. The zero-order valence-corrected chi connectivity index (χ0v) is 18.5. The summed E-state index contributed by atoms with van der Waals surface area (Å²) in [6, 6.07) is 4.33. The summed E-state index contributed by atoms with van der Waals surface area (Å²) in [5, 5.41) is 5.36. The van der Waals surface area contributed by atoms with Crippen molar-refractivity contribution < 1.29 is 4.79 Å². The van der Waals surface area contributed by atoms with Gasteiger partial charge in [0.25, 0.3) is 5.56 Å². The van der Waals surface area contributed by atoms with Crippen molar-refractivity contribution in [1.82, 2.24) is 14.5 Å². The van der Waals surface area contributed by atoms with Gasteiger partial charge in [0, 0.05) is 35.0 Å². The van der Waals surface area contributed by atoms with Gasteiger partial charge >= 0.3 is 0 Å². The fourth-order valence-electron chi connectivity index (χ4n) is 3.69. The molecule has 1 fully saturated rings. The predicted molar refractivity (Wildman–Crippen MR) is 119 cm³/mol. The molecule has 1 atom stereocenters. The quantitative estimate of drug-likeness (QED) is 0.432. The van der Waals surface area contributed by atoms with E-state index in [-0.39, 0.29) is 11.5 Å². The highest BCUT2D eigenvalue weighted by atomic mass is 32.2. The zero-order valence-electron chi connectivity index (χ0n) is 16.0. The van der Waals surface area contributed by atoms with Gasteiger partial charge in [0.2, 0.25) is 5.91 Å². The summed E-state index contributed by atoms with van der Waals surface area (Å²) in [7, 11) is 0. The van der Waals surface area contributed by atoms with E-state index in [1.54, 1.807) is 15.9 Å². The van der Waals surface area contributed by atoms with Gasteiger partial charge in [-0.15, -0.1) is 22.7 Å². The first-order chi connectivity index (χ1) is 13.6. The maximum absolute atomic E-state index is 13.2. The van der Waals surface area contributed by atoms with Gasteiger partial charge in [-0.25, -0.2) is 4.98 Å². The number of aromatic nitrogens is 2. The third-order valence-corrected chi connectivity index (χ3v) is 7.95. The minimum absolute atomic E-state index is 0.0153. The van der Waals surface area contributed by atoms with Crippen LogP contribution in [0.15, 0.2) is 32.8 Å². The lowest BCUT2D eigenvalue weighted by molar-refractivity contribution is -0.131. The molecule has 0 radical (unpaired) electrons. The van der Waals surface area contributed by atoms with Crippen LogP contribution >= 0.6 is 34.4 Å². The number of carbonyl (C=O) groups is 1. The van der Waals surface area contributed by atoms with Gasteiger partial charge in [-0.2, -0.15) is 0 Å². The van der Waals surface area contributed by atoms with E-state index in [0.29, 0.717) is 28.9 Å². The summed E-state index contributed by atoms with van der Waals surface area (Å²) < 4.78 is 1.70. The molecule has 1 unspecified atom stereocenters. The molecule has 8 heteroatoms. The van der Waals surface area contributed by atoms with Crippen LogP contribution < -0.4 is 5.56 Å². The van der Waals surface area contributed by atoms with E-state index in [1.165, 1.54) is 29.5 Å². The number of piperidine rings is 1. The molecule has 1 saturated heterocycles. The molecule has 0 aliphatic carbocycles. The Bertz CT molecular complexity index is 1040. The van der Waals surface area contributed by atoms with E-state index >= 15 is 0 Å². The Balaban J connectivity index is 1.63. The van der Waals surface area contributed by atoms with Crippen molar-refractivity contribution in [3.05, 3.63) is 33.2 Å². The fourth-order valence-corrected chi connectivity index (χ4v) is 6.44. The fraction of sp³-hybridized carbons (Fsp3) is 0.450. The van der Waals surface area contributed by atoms with Gasteiger partial charge in [-0.3, -0.25) is 14.2 Å². The number of rotatable bonds is 5. The van der Waals surface area contributed by atoms with Crippen LogP contribution in [0.1, 0.15) is 33.1 Å². The molecule has 28 heavy (non-hydrogen) atoms. The van der Waals surface area contributed by atoms with Crippen molar-refractivity contribution >= 4 is 50.6 Å². The molecule has 3 aromatic rings. The number of thiophene rings is 2. The van der Waals surface area contributed by atoms with Crippen molar-refractivity contribution in [2.75, 3.05) is 12.3 Å². The first kappa shape index (κ1) is 19.7. The highest BCUT2D eigenvalue weighted by Gasteiger charge is 2.24. The van der Waals surface area contributed by atoms with Crippen molar-refractivity contribution in [3.63, 3.8) is 0 Å². The van der Waals surface area contributed by atoms with Crippen molar-refractivity contribution in [1.29, 1.82) is 0 Å². The molecule has 5 nitrogen and oxygen atoms in total. The highest BCUT2D eigenvalue weighted by Crippen LogP contribution is 2.34. The van der Waals surface area contributed by atoms with Crippen molar-refractivity contribution in [3.8, 4) is 10.4 Å². The maximum Gasteiger partial charge on any atom is 0.263 e. The Morgan fingerprint density at radius 3 is 2.93 bits per heavy atom. The normalized spacial score (nSPS) is 17.4. The summed E-state index contributed by atoms with van der Waals surface area (Å²) in [5.74, 6) is 0.463. The molecule has 4 heterocycles.